The lowest BCUT2D eigenvalue weighted by Crippen LogP contribution is -2.21. The standard InChI is InChI=1S/C33H40O6S/c1-32(2,3)23-13-21(14-24(30(23)34)33(4,5)6)31-22-18-28(39-10)27(38-9)16-20(22)17-29(40(31)35)19-11-12-25(36-7)26(15-19)37-8/h11-18,31,34H,1-10H3/t31-,40+/m0/s1. The lowest BCUT2D eigenvalue weighted by Gasteiger charge is -2.32. The molecule has 6 nitrogen and oxygen atoms in total. The Morgan fingerprint density at radius 1 is 0.700 bits per heavy atom. The van der Waals surface area contributed by atoms with E-state index in [2.05, 4.69) is 41.5 Å². The quantitative estimate of drug-likeness (QED) is 0.337. The molecule has 1 heterocycles. The van der Waals surface area contributed by atoms with Crippen molar-refractivity contribution < 1.29 is 28.3 Å². The van der Waals surface area contributed by atoms with Crippen molar-refractivity contribution in [3.63, 3.8) is 0 Å². The summed E-state index contributed by atoms with van der Waals surface area (Å²) < 4.78 is 36.9. The topological polar surface area (TPSA) is 74.2 Å². The maximum Gasteiger partial charge on any atom is 0.161 e. The average Bonchev–Trinajstić information content (AvgIpc) is 2.90. The minimum atomic E-state index is -1.51. The summed E-state index contributed by atoms with van der Waals surface area (Å²) in [6, 6.07) is 13.4. The summed E-state index contributed by atoms with van der Waals surface area (Å²) in [5.41, 5.74) is 4.35. The van der Waals surface area contributed by atoms with Crippen LogP contribution in [0, 0.1) is 0 Å². The molecule has 7 heteroatoms. The molecule has 0 radical (unpaired) electrons. The molecule has 4 rings (SSSR count). The molecule has 3 aromatic rings. The van der Waals surface area contributed by atoms with Gasteiger partial charge in [0.05, 0.1) is 44.5 Å². The molecule has 0 aromatic heterocycles. The summed E-state index contributed by atoms with van der Waals surface area (Å²) in [6.07, 6.45) is 1.95. The van der Waals surface area contributed by atoms with Crippen molar-refractivity contribution in [2.24, 2.45) is 0 Å². The molecule has 0 spiro atoms. The van der Waals surface area contributed by atoms with E-state index in [1.54, 1.807) is 28.4 Å². The van der Waals surface area contributed by atoms with Crippen LogP contribution in [0.3, 0.4) is 0 Å². The zero-order chi connectivity index (χ0) is 29.6. The normalized spacial score (nSPS) is 17.1. The Morgan fingerprint density at radius 3 is 1.70 bits per heavy atom. The highest BCUT2D eigenvalue weighted by Gasteiger charge is 2.35. The number of benzene rings is 3. The van der Waals surface area contributed by atoms with Crippen molar-refractivity contribution in [2.45, 2.75) is 57.6 Å². The zero-order valence-electron chi connectivity index (χ0n) is 25.1. The van der Waals surface area contributed by atoms with Gasteiger partial charge in [0.25, 0.3) is 0 Å². The van der Waals surface area contributed by atoms with Crippen molar-refractivity contribution in [1.29, 1.82) is 0 Å². The second kappa shape index (κ2) is 10.8. The fourth-order valence-electron chi connectivity index (χ4n) is 5.15. The molecule has 3 aromatic carbocycles. The smallest absolute Gasteiger partial charge is 0.161 e. The summed E-state index contributed by atoms with van der Waals surface area (Å²) in [5, 5.41) is 10.9. The third-order valence-corrected chi connectivity index (χ3v) is 9.05. The molecule has 0 aliphatic carbocycles. The minimum Gasteiger partial charge on any atom is -0.507 e. The van der Waals surface area contributed by atoms with Gasteiger partial charge in [-0.1, -0.05) is 41.5 Å². The second-order valence-electron chi connectivity index (χ2n) is 12.1. The van der Waals surface area contributed by atoms with Crippen LogP contribution in [0.25, 0.3) is 11.0 Å². The molecular formula is C33H40O6S. The monoisotopic (exact) mass is 564 g/mol. The number of phenols is 1. The van der Waals surface area contributed by atoms with Gasteiger partial charge in [-0.25, -0.2) is 0 Å². The first-order valence-corrected chi connectivity index (χ1v) is 14.4. The predicted octanol–water partition coefficient (Wildman–Crippen LogP) is 7.37. The number of phenolic OH excluding ortho intramolecular Hbond substituents is 1. The Kier molecular flexibility index (Phi) is 8.01. The molecule has 0 amide bonds. The number of methoxy groups -OCH3 is 4. The highest BCUT2D eigenvalue weighted by molar-refractivity contribution is 7.95. The third kappa shape index (κ3) is 5.31. The van der Waals surface area contributed by atoms with Gasteiger partial charge in [-0.15, -0.1) is 0 Å². The summed E-state index contributed by atoms with van der Waals surface area (Å²) in [4.78, 5) is 0.661. The van der Waals surface area contributed by atoms with E-state index in [0.29, 0.717) is 27.9 Å². The SMILES string of the molecule is COc1ccc(C2=Cc3cc(OC)c(OC)cc3[C@H](c3cc(C(C)(C)C)c(O)c(C(C)(C)C)c3)[S@@]2=O)cc1OC. The molecule has 0 fully saturated rings. The number of ether oxygens (including phenoxy) is 4. The lowest BCUT2D eigenvalue weighted by molar-refractivity contribution is 0.354. The van der Waals surface area contributed by atoms with Crippen molar-refractivity contribution >= 4 is 21.8 Å². The molecule has 214 valence electrons. The van der Waals surface area contributed by atoms with E-state index in [1.165, 1.54) is 0 Å². The summed E-state index contributed by atoms with van der Waals surface area (Å²) in [5.74, 6) is 2.60. The summed E-state index contributed by atoms with van der Waals surface area (Å²) in [6.45, 7) is 12.5. The Bertz CT molecular complexity index is 1450. The van der Waals surface area contributed by atoms with Crippen LogP contribution < -0.4 is 18.9 Å². The van der Waals surface area contributed by atoms with Crippen molar-refractivity contribution in [1.82, 2.24) is 0 Å². The van der Waals surface area contributed by atoms with Gasteiger partial charge in [0, 0.05) is 4.91 Å². The number of hydrogen-bond acceptors (Lipinski definition) is 6. The third-order valence-electron chi connectivity index (χ3n) is 7.31. The van der Waals surface area contributed by atoms with Gasteiger partial charge >= 0.3 is 0 Å². The number of fused-ring (bicyclic) bond motifs is 1. The second-order valence-corrected chi connectivity index (χ2v) is 13.6. The van der Waals surface area contributed by atoms with Gasteiger partial charge < -0.3 is 24.1 Å². The van der Waals surface area contributed by atoms with E-state index in [4.69, 9.17) is 18.9 Å². The highest BCUT2D eigenvalue weighted by atomic mass is 32.2. The van der Waals surface area contributed by atoms with Gasteiger partial charge in [0.15, 0.2) is 23.0 Å². The van der Waals surface area contributed by atoms with Crippen molar-refractivity contribution in [2.75, 3.05) is 28.4 Å². The molecule has 0 saturated carbocycles. The minimum absolute atomic E-state index is 0.286. The highest BCUT2D eigenvalue weighted by Crippen LogP contribution is 2.49. The Labute approximate surface area is 240 Å². The van der Waals surface area contributed by atoms with E-state index in [1.807, 2.05) is 48.5 Å². The average molecular weight is 565 g/mol. The molecular weight excluding hydrogens is 524 g/mol. The van der Waals surface area contributed by atoms with Crippen molar-refractivity contribution in [3.05, 3.63) is 75.8 Å². The van der Waals surface area contributed by atoms with Gasteiger partial charge in [0.2, 0.25) is 0 Å². The van der Waals surface area contributed by atoms with Crippen LogP contribution in [0.1, 0.15) is 80.2 Å². The number of rotatable bonds is 6. The van der Waals surface area contributed by atoms with Gasteiger partial charge in [0.1, 0.15) is 5.75 Å². The van der Waals surface area contributed by atoms with Crippen LogP contribution >= 0.6 is 0 Å². The van der Waals surface area contributed by atoms with Gasteiger partial charge in [-0.2, -0.15) is 0 Å². The Balaban J connectivity index is 2.05. The molecule has 0 saturated heterocycles. The van der Waals surface area contributed by atoms with E-state index < -0.39 is 16.0 Å². The molecule has 1 N–H and O–H groups in total. The maximum atomic E-state index is 14.6. The van der Waals surface area contributed by atoms with Crippen LogP contribution in [0.5, 0.6) is 28.7 Å². The van der Waals surface area contributed by atoms with E-state index >= 15 is 0 Å². The largest absolute Gasteiger partial charge is 0.507 e. The Morgan fingerprint density at radius 2 is 1.20 bits per heavy atom. The fraction of sp³-hybridized carbons (Fsp3) is 0.394. The van der Waals surface area contributed by atoms with Crippen LogP contribution in [0.4, 0.5) is 0 Å². The van der Waals surface area contributed by atoms with Crippen LogP contribution in [0.15, 0.2) is 42.5 Å². The summed E-state index contributed by atoms with van der Waals surface area (Å²) >= 11 is 0. The molecule has 40 heavy (non-hydrogen) atoms. The first kappa shape index (κ1) is 29.5. The Hall–Kier alpha value is -3.45. The molecule has 1 aliphatic rings. The van der Waals surface area contributed by atoms with E-state index in [0.717, 1.165) is 33.4 Å². The van der Waals surface area contributed by atoms with Crippen LogP contribution in [0.2, 0.25) is 0 Å². The van der Waals surface area contributed by atoms with E-state index in [-0.39, 0.29) is 16.6 Å². The number of aromatic hydroxyl groups is 1. The molecule has 2 atom stereocenters. The van der Waals surface area contributed by atoms with Crippen molar-refractivity contribution in [3.8, 4) is 28.7 Å². The van der Waals surface area contributed by atoms with Gasteiger partial charge in [-0.3, -0.25) is 4.21 Å². The molecule has 0 unspecified atom stereocenters. The molecule has 0 bridgehead atoms. The first-order valence-electron chi connectivity index (χ1n) is 13.2. The number of hydrogen-bond donors (Lipinski definition) is 1. The zero-order valence-corrected chi connectivity index (χ0v) is 25.9. The predicted molar refractivity (Wildman–Crippen MR) is 162 cm³/mol. The fourth-order valence-corrected chi connectivity index (χ4v) is 6.82. The van der Waals surface area contributed by atoms with E-state index in [9.17, 15) is 9.32 Å². The lowest BCUT2D eigenvalue weighted by atomic mass is 9.77. The maximum absolute atomic E-state index is 14.6. The van der Waals surface area contributed by atoms with Crippen LogP contribution in [-0.4, -0.2) is 37.8 Å². The summed E-state index contributed by atoms with van der Waals surface area (Å²) in [7, 11) is 4.87. The van der Waals surface area contributed by atoms with Gasteiger partial charge in [-0.05, 0) is 92.8 Å². The molecule has 1 aliphatic heterocycles. The van der Waals surface area contributed by atoms with Crippen LogP contribution in [-0.2, 0) is 21.6 Å². The first-order chi connectivity index (χ1) is 18.7.